The van der Waals surface area contributed by atoms with Crippen LogP contribution in [0.15, 0.2) is 72.8 Å². The van der Waals surface area contributed by atoms with Gasteiger partial charge in [-0.3, -0.25) is 9.59 Å². The normalized spacial score (nSPS) is 16.3. The molecule has 1 N–H and O–H groups in total. The number of amides is 1. The molecule has 4 aromatic rings. The van der Waals surface area contributed by atoms with Gasteiger partial charge < -0.3 is 10.0 Å². The summed E-state index contributed by atoms with van der Waals surface area (Å²) in [5.74, 6) is -0.453. The zero-order chi connectivity index (χ0) is 27.4. The quantitative estimate of drug-likeness (QED) is 0.259. The number of carbonyl (C=O) groups excluding carboxylic acids is 1. The van der Waals surface area contributed by atoms with Crippen LogP contribution >= 0.6 is 11.6 Å². The lowest BCUT2D eigenvalue weighted by Gasteiger charge is -2.33. The minimum Gasteiger partial charge on any atom is -0.481 e. The van der Waals surface area contributed by atoms with Gasteiger partial charge in [0.25, 0.3) is 5.91 Å². The van der Waals surface area contributed by atoms with Crippen LogP contribution < -0.4 is 0 Å². The Labute approximate surface area is 233 Å². The Morgan fingerprint density at radius 3 is 2.54 bits per heavy atom. The largest absolute Gasteiger partial charge is 0.481 e. The molecule has 0 bridgehead atoms. The van der Waals surface area contributed by atoms with Gasteiger partial charge in [0.1, 0.15) is 0 Å². The first-order valence-electron chi connectivity index (χ1n) is 13.5. The summed E-state index contributed by atoms with van der Waals surface area (Å²) in [7, 11) is 0. The van der Waals surface area contributed by atoms with Gasteiger partial charge in [-0.05, 0) is 67.5 Å². The van der Waals surface area contributed by atoms with Crippen molar-refractivity contribution in [1.82, 2.24) is 14.9 Å². The van der Waals surface area contributed by atoms with Crippen LogP contribution in [0.1, 0.15) is 60.1 Å². The van der Waals surface area contributed by atoms with E-state index < -0.39 is 5.97 Å². The first kappa shape index (κ1) is 26.8. The first-order chi connectivity index (χ1) is 18.9. The maximum absolute atomic E-state index is 13.6. The van der Waals surface area contributed by atoms with E-state index in [0.717, 1.165) is 36.3 Å². The van der Waals surface area contributed by atoms with Gasteiger partial charge in [0.15, 0.2) is 0 Å². The third-order valence-corrected chi connectivity index (χ3v) is 7.73. The smallest absolute Gasteiger partial charge is 0.303 e. The van der Waals surface area contributed by atoms with Gasteiger partial charge >= 0.3 is 5.97 Å². The molecule has 0 saturated carbocycles. The molecule has 200 valence electrons. The van der Waals surface area contributed by atoms with E-state index in [2.05, 4.69) is 24.3 Å². The molecular weight excluding hydrogens is 510 g/mol. The summed E-state index contributed by atoms with van der Waals surface area (Å²) in [4.78, 5) is 36.6. The van der Waals surface area contributed by atoms with Crippen LogP contribution in [0.25, 0.3) is 22.3 Å². The number of hydrogen-bond donors (Lipinski definition) is 1. The molecule has 1 fully saturated rings. The number of nitrogens with zero attached hydrogens (tertiary/aromatic N) is 3. The van der Waals surface area contributed by atoms with Crippen LogP contribution in [0.2, 0.25) is 5.02 Å². The summed E-state index contributed by atoms with van der Waals surface area (Å²) in [5, 5.41) is 9.81. The number of likely N-dealkylation sites (tertiary alicyclic amines) is 1. The molecule has 5 rings (SSSR count). The fraction of sp³-hybridized carbons (Fsp3) is 0.312. The van der Waals surface area contributed by atoms with Gasteiger partial charge in [0.2, 0.25) is 0 Å². The third-order valence-electron chi connectivity index (χ3n) is 7.48. The Kier molecular flexibility index (Phi) is 8.22. The highest BCUT2D eigenvalue weighted by atomic mass is 35.5. The van der Waals surface area contributed by atoms with E-state index in [1.807, 2.05) is 60.4 Å². The number of aromatic nitrogens is 2. The summed E-state index contributed by atoms with van der Waals surface area (Å²) >= 11 is 6.11. The predicted octanol–water partition coefficient (Wildman–Crippen LogP) is 7.01. The fourth-order valence-corrected chi connectivity index (χ4v) is 5.49. The van der Waals surface area contributed by atoms with Gasteiger partial charge in [-0.25, -0.2) is 9.97 Å². The molecule has 1 aliphatic heterocycles. The van der Waals surface area contributed by atoms with Crippen molar-refractivity contribution in [2.24, 2.45) is 5.92 Å². The third kappa shape index (κ3) is 6.45. The van der Waals surface area contributed by atoms with Crippen molar-refractivity contribution in [2.75, 3.05) is 13.1 Å². The second kappa shape index (κ2) is 12.0. The average molecular weight is 542 g/mol. The van der Waals surface area contributed by atoms with Crippen LogP contribution in [0.5, 0.6) is 0 Å². The average Bonchev–Trinajstić information content (AvgIpc) is 2.95. The molecule has 3 aromatic carbocycles. The molecule has 0 aliphatic carbocycles. The van der Waals surface area contributed by atoms with E-state index in [9.17, 15) is 14.7 Å². The van der Waals surface area contributed by atoms with E-state index >= 15 is 0 Å². The molecule has 1 aromatic heterocycles. The Morgan fingerprint density at radius 1 is 1.03 bits per heavy atom. The molecule has 1 amide bonds. The zero-order valence-electron chi connectivity index (χ0n) is 22.0. The molecule has 1 unspecified atom stereocenters. The molecule has 7 heteroatoms. The number of fused-ring (bicyclic) bond motifs is 1. The van der Waals surface area contributed by atoms with Crippen LogP contribution in [0.3, 0.4) is 0 Å². The van der Waals surface area contributed by atoms with Crippen LogP contribution in [-0.4, -0.2) is 44.9 Å². The Balaban J connectivity index is 1.44. The van der Waals surface area contributed by atoms with Crippen molar-refractivity contribution in [1.29, 1.82) is 0 Å². The maximum atomic E-state index is 13.6. The number of carboxylic acid groups (broad SMARTS) is 1. The molecule has 2 heterocycles. The van der Waals surface area contributed by atoms with Crippen molar-refractivity contribution in [2.45, 2.75) is 44.9 Å². The van der Waals surface area contributed by atoms with E-state index in [4.69, 9.17) is 21.6 Å². The van der Waals surface area contributed by atoms with Crippen molar-refractivity contribution in [3.05, 3.63) is 94.6 Å². The van der Waals surface area contributed by atoms with Crippen molar-refractivity contribution < 1.29 is 14.7 Å². The van der Waals surface area contributed by atoms with E-state index in [-0.39, 0.29) is 18.2 Å². The van der Waals surface area contributed by atoms with Gasteiger partial charge in [0.05, 0.1) is 22.4 Å². The molecule has 0 spiro atoms. The Bertz CT molecular complexity index is 1470. The lowest BCUT2D eigenvalue weighted by atomic mass is 9.90. The summed E-state index contributed by atoms with van der Waals surface area (Å²) < 4.78 is 0. The number of halogens is 1. The monoisotopic (exact) mass is 541 g/mol. The van der Waals surface area contributed by atoms with Gasteiger partial charge in [-0.15, -0.1) is 0 Å². The minimum atomic E-state index is -0.805. The van der Waals surface area contributed by atoms with E-state index in [0.29, 0.717) is 46.9 Å². The van der Waals surface area contributed by atoms with Gasteiger partial charge in [-0.2, -0.15) is 0 Å². The highest BCUT2D eigenvalue weighted by Gasteiger charge is 2.26. The van der Waals surface area contributed by atoms with Crippen molar-refractivity contribution >= 4 is 34.5 Å². The Morgan fingerprint density at radius 2 is 1.79 bits per heavy atom. The SMILES string of the molecule is CC(CCc1nc2cc(C(=O)N3CCC[C@H](c4ccccc4)C3)ccc2nc1-c1ccc(Cl)cc1)CC(=O)O. The van der Waals surface area contributed by atoms with E-state index in [1.165, 1.54) is 5.56 Å². The highest BCUT2D eigenvalue weighted by molar-refractivity contribution is 6.30. The molecule has 1 aliphatic rings. The lowest BCUT2D eigenvalue weighted by molar-refractivity contribution is -0.138. The van der Waals surface area contributed by atoms with Crippen LogP contribution in [0.4, 0.5) is 0 Å². The number of benzene rings is 3. The zero-order valence-corrected chi connectivity index (χ0v) is 22.8. The van der Waals surface area contributed by atoms with Crippen molar-refractivity contribution in [3.8, 4) is 11.3 Å². The number of carbonyl (C=O) groups is 2. The standard InChI is InChI=1S/C32H32ClN3O3/c1-21(18-30(37)38)9-15-28-31(23-10-13-26(33)14-11-23)35-27-16-12-24(19-29(27)34-28)32(39)36-17-5-8-25(20-36)22-6-3-2-4-7-22/h2-4,6-7,10-14,16,19,21,25H,5,8-9,15,17-18,20H2,1H3,(H,37,38)/t21?,25-/m0/s1. The van der Waals surface area contributed by atoms with Gasteiger partial charge in [-0.1, -0.05) is 61.0 Å². The van der Waals surface area contributed by atoms with E-state index in [1.54, 1.807) is 0 Å². The number of hydrogen-bond acceptors (Lipinski definition) is 4. The fourth-order valence-electron chi connectivity index (χ4n) is 5.36. The second-order valence-corrected chi connectivity index (χ2v) is 10.9. The molecule has 2 atom stereocenters. The second-order valence-electron chi connectivity index (χ2n) is 10.5. The van der Waals surface area contributed by atoms with Crippen LogP contribution in [-0.2, 0) is 11.2 Å². The summed E-state index contributed by atoms with van der Waals surface area (Å²) in [6, 6.07) is 23.4. The van der Waals surface area contributed by atoms with Crippen LogP contribution in [0, 0.1) is 5.92 Å². The molecule has 39 heavy (non-hydrogen) atoms. The Hall–Kier alpha value is -3.77. The number of piperidine rings is 1. The van der Waals surface area contributed by atoms with Crippen molar-refractivity contribution in [3.63, 3.8) is 0 Å². The van der Waals surface area contributed by atoms with Gasteiger partial charge in [0, 0.05) is 41.6 Å². The number of aryl methyl sites for hydroxylation is 1. The number of carboxylic acids is 1. The molecule has 0 radical (unpaired) electrons. The maximum Gasteiger partial charge on any atom is 0.303 e. The molecule has 6 nitrogen and oxygen atoms in total. The predicted molar refractivity (Wildman–Crippen MR) is 154 cm³/mol. The number of rotatable bonds is 8. The summed E-state index contributed by atoms with van der Waals surface area (Å²) in [6.07, 6.45) is 3.41. The summed E-state index contributed by atoms with van der Waals surface area (Å²) in [5.41, 5.74) is 5.69. The minimum absolute atomic E-state index is 0.00244. The highest BCUT2D eigenvalue weighted by Crippen LogP contribution is 2.30. The summed E-state index contributed by atoms with van der Waals surface area (Å²) in [6.45, 7) is 3.38. The lowest BCUT2D eigenvalue weighted by Crippen LogP contribution is -2.39. The molecule has 1 saturated heterocycles. The topological polar surface area (TPSA) is 83.4 Å². The first-order valence-corrected chi connectivity index (χ1v) is 13.9. The number of aliphatic carboxylic acids is 1. The molecular formula is C32H32ClN3O3.